The fraction of sp³-hybridized carbons (Fsp3) is 0.0952. The highest BCUT2D eigenvalue weighted by Gasteiger charge is 2.23. The topological polar surface area (TPSA) is 66.8 Å². The van der Waals surface area contributed by atoms with Crippen LogP contribution in [0.5, 0.6) is 11.5 Å². The van der Waals surface area contributed by atoms with E-state index in [4.69, 9.17) is 4.74 Å². The summed E-state index contributed by atoms with van der Waals surface area (Å²) in [7, 11) is 1.49. The Labute approximate surface area is 146 Å². The van der Waals surface area contributed by atoms with E-state index < -0.39 is 5.97 Å². The average molecular weight is 334 g/mol. The largest absolute Gasteiger partial charge is 0.504 e. The van der Waals surface area contributed by atoms with E-state index in [0.29, 0.717) is 11.3 Å². The third-order valence-electron chi connectivity index (χ3n) is 4.17. The number of carboxylic acids is 1. The first-order valence-corrected chi connectivity index (χ1v) is 7.86. The molecule has 0 aliphatic heterocycles. The molecule has 0 aliphatic carbocycles. The van der Waals surface area contributed by atoms with Crippen LogP contribution in [0.1, 0.15) is 33.0 Å². The zero-order valence-corrected chi connectivity index (χ0v) is 13.7. The van der Waals surface area contributed by atoms with Gasteiger partial charge in [-0.2, -0.15) is 0 Å². The molecule has 0 fully saturated rings. The molecular weight excluding hydrogens is 316 g/mol. The van der Waals surface area contributed by atoms with Gasteiger partial charge in [0.25, 0.3) is 0 Å². The molecule has 4 nitrogen and oxygen atoms in total. The second-order valence-corrected chi connectivity index (χ2v) is 5.67. The molecule has 3 aromatic carbocycles. The van der Waals surface area contributed by atoms with Crippen LogP contribution in [0.15, 0.2) is 72.8 Å². The summed E-state index contributed by atoms with van der Waals surface area (Å²) < 4.78 is 5.22. The van der Waals surface area contributed by atoms with Crippen LogP contribution < -0.4 is 4.74 Å². The standard InChI is InChI=1S/C21H18O4/c1-25-19-13-15(11-12-18(19)22)20(14-7-3-2-4-8-14)16-9-5-6-10-17(16)21(23)24/h2-13,20,22H,1H3,(H,23,24). The highest BCUT2D eigenvalue weighted by atomic mass is 16.5. The number of carboxylic acid groups (broad SMARTS) is 1. The Bertz CT molecular complexity index is 887. The Kier molecular flexibility index (Phi) is 4.70. The van der Waals surface area contributed by atoms with Crippen LogP contribution in [0.25, 0.3) is 0 Å². The predicted octanol–water partition coefficient (Wildman–Crippen LogP) is 4.28. The molecule has 1 unspecified atom stereocenters. The van der Waals surface area contributed by atoms with Crippen LogP contribution in [0, 0.1) is 0 Å². The van der Waals surface area contributed by atoms with Crippen LogP contribution in [0.3, 0.4) is 0 Å². The quantitative estimate of drug-likeness (QED) is 0.684. The maximum atomic E-state index is 11.7. The molecule has 0 aromatic heterocycles. The average Bonchev–Trinajstić information content (AvgIpc) is 2.64. The fourth-order valence-electron chi connectivity index (χ4n) is 3.01. The molecule has 0 saturated heterocycles. The molecule has 3 rings (SSSR count). The Morgan fingerprint density at radius 2 is 1.60 bits per heavy atom. The van der Waals surface area contributed by atoms with Gasteiger partial charge in [0.2, 0.25) is 0 Å². The molecule has 126 valence electrons. The number of aromatic hydroxyl groups is 1. The maximum Gasteiger partial charge on any atom is 0.335 e. The normalized spacial score (nSPS) is 11.7. The lowest BCUT2D eigenvalue weighted by molar-refractivity contribution is 0.0695. The highest BCUT2D eigenvalue weighted by Crippen LogP contribution is 2.37. The monoisotopic (exact) mass is 334 g/mol. The Morgan fingerprint density at radius 3 is 2.28 bits per heavy atom. The summed E-state index contributed by atoms with van der Waals surface area (Å²) in [6, 6.07) is 21.7. The van der Waals surface area contributed by atoms with Crippen LogP contribution in [-0.2, 0) is 0 Å². The number of benzene rings is 3. The van der Waals surface area contributed by atoms with Crippen LogP contribution in [-0.4, -0.2) is 23.3 Å². The summed E-state index contributed by atoms with van der Waals surface area (Å²) >= 11 is 0. The molecule has 3 aromatic rings. The number of ether oxygens (including phenoxy) is 1. The Morgan fingerprint density at radius 1 is 0.920 bits per heavy atom. The predicted molar refractivity (Wildman–Crippen MR) is 95.4 cm³/mol. The van der Waals surface area contributed by atoms with Gasteiger partial charge < -0.3 is 14.9 Å². The molecule has 0 spiro atoms. The Hall–Kier alpha value is -3.27. The first-order chi connectivity index (χ1) is 12.1. The van der Waals surface area contributed by atoms with E-state index in [2.05, 4.69) is 0 Å². The van der Waals surface area contributed by atoms with Crippen molar-refractivity contribution in [1.29, 1.82) is 0 Å². The van der Waals surface area contributed by atoms with Gasteiger partial charge in [0.15, 0.2) is 11.5 Å². The SMILES string of the molecule is COc1cc(C(c2ccccc2)c2ccccc2C(=O)O)ccc1O. The summed E-state index contributed by atoms with van der Waals surface area (Å²) in [5.74, 6) is -0.860. The second kappa shape index (κ2) is 7.09. The summed E-state index contributed by atoms with van der Waals surface area (Å²) in [6.45, 7) is 0. The first kappa shape index (κ1) is 16.6. The smallest absolute Gasteiger partial charge is 0.335 e. The summed E-state index contributed by atoms with van der Waals surface area (Å²) in [5.41, 5.74) is 2.75. The summed E-state index contributed by atoms with van der Waals surface area (Å²) in [4.78, 5) is 11.7. The van der Waals surface area contributed by atoms with Crippen molar-refractivity contribution in [3.63, 3.8) is 0 Å². The fourth-order valence-corrected chi connectivity index (χ4v) is 3.01. The number of methoxy groups -OCH3 is 1. The van der Waals surface area contributed by atoms with E-state index in [1.165, 1.54) is 7.11 Å². The van der Waals surface area contributed by atoms with Crippen molar-refractivity contribution >= 4 is 5.97 Å². The summed E-state index contributed by atoms with van der Waals surface area (Å²) in [5, 5.41) is 19.5. The molecule has 0 amide bonds. The van der Waals surface area contributed by atoms with E-state index in [1.807, 2.05) is 42.5 Å². The van der Waals surface area contributed by atoms with Gasteiger partial charge in [0.05, 0.1) is 12.7 Å². The van der Waals surface area contributed by atoms with Gasteiger partial charge in [-0.25, -0.2) is 4.79 Å². The van der Waals surface area contributed by atoms with Crippen molar-refractivity contribution in [3.05, 3.63) is 95.1 Å². The lowest BCUT2D eigenvalue weighted by Gasteiger charge is -2.21. The number of rotatable bonds is 5. The molecular formula is C21H18O4. The number of phenolic OH excluding ortho intramolecular Hbond substituents is 1. The maximum absolute atomic E-state index is 11.7. The van der Waals surface area contributed by atoms with Gasteiger partial charge in [-0.15, -0.1) is 0 Å². The number of hydrogen-bond donors (Lipinski definition) is 2. The third-order valence-corrected chi connectivity index (χ3v) is 4.17. The van der Waals surface area contributed by atoms with Crippen molar-refractivity contribution < 1.29 is 19.7 Å². The van der Waals surface area contributed by atoms with Crippen molar-refractivity contribution in [2.24, 2.45) is 0 Å². The number of phenols is 1. The molecule has 25 heavy (non-hydrogen) atoms. The Balaban J connectivity index is 2.24. The van der Waals surface area contributed by atoms with Gasteiger partial charge in [0, 0.05) is 5.92 Å². The van der Waals surface area contributed by atoms with Gasteiger partial charge in [-0.05, 0) is 34.9 Å². The van der Waals surface area contributed by atoms with Gasteiger partial charge in [0.1, 0.15) is 0 Å². The lowest BCUT2D eigenvalue weighted by Crippen LogP contribution is -2.10. The highest BCUT2D eigenvalue weighted by molar-refractivity contribution is 5.90. The molecule has 1 atom stereocenters. The molecule has 0 aliphatic rings. The van der Waals surface area contributed by atoms with Crippen LogP contribution >= 0.6 is 0 Å². The van der Waals surface area contributed by atoms with E-state index >= 15 is 0 Å². The van der Waals surface area contributed by atoms with E-state index in [-0.39, 0.29) is 17.2 Å². The van der Waals surface area contributed by atoms with E-state index in [0.717, 1.165) is 11.1 Å². The zero-order valence-electron chi connectivity index (χ0n) is 13.7. The minimum absolute atomic E-state index is 0.0459. The van der Waals surface area contributed by atoms with Gasteiger partial charge >= 0.3 is 5.97 Å². The van der Waals surface area contributed by atoms with E-state index in [1.54, 1.807) is 30.3 Å². The minimum Gasteiger partial charge on any atom is -0.504 e. The van der Waals surface area contributed by atoms with Crippen molar-refractivity contribution in [2.75, 3.05) is 7.11 Å². The van der Waals surface area contributed by atoms with Crippen LogP contribution in [0.4, 0.5) is 0 Å². The molecule has 4 heteroatoms. The van der Waals surface area contributed by atoms with E-state index in [9.17, 15) is 15.0 Å². The van der Waals surface area contributed by atoms with Crippen molar-refractivity contribution in [1.82, 2.24) is 0 Å². The first-order valence-electron chi connectivity index (χ1n) is 7.86. The minimum atomic E-state index is -0.970. The van der Waals surface area contributed by atoms with Gasteiger partial charge in [-0.1, -0.05) is 54.6 Å². The second-order valence-electron chi connectivity index (χ2n) is 5.67. The molecule has 0 heterocycles. The number of carbonyl (C=O) groups is 1. The third kappa shape index (κ3) is 3.33. The van der Waals surface area contributed by atoms with Crippen LogP contribution in [0.2, 0.25) is 0 Å². The molecule has 2 N–H and O–H groups in total. The van der Waals surface area contributed by atoms with Gasteiger partial charge in [-0.3, -0.25) is 0 Å². The summed E-state index contributed by atoms with van der Waals surface area (Å²) in [6.07, 6.45) is 0. The van der Waals surface area contributed by atoms with Crippen molar-refractivity contribution in [3.8, 4) is 11.5 Å². The lowest BCUT2D eigenvalue weighted by atomic mass is 9.82. The number of aromatic carboxylic acids is 1. The zero-order chi connectivity index (χ0) is 17.8. The number of hydrogen-bond acceptors (Lipinski definition) is 3. The molecule has 0 radical (unpaired) electrons. The molecule has 0 saturated carbocycles. The van der Waals surface area contributed by atoms with Crippen molar-refractivity contribution in [2.45, 2.75) is 5.92 Å². The molecule has 0 bridgehead atoms.